The predicted molar refractivity (Wildman–Crippen MR) is 133 cm³/mol. The maximum absolute atomic E-state index is 5.99. The van der Waals surface area contributed by atoms with E-state index in [0.717, 1.165) is 28.3 Å². The van der Waals surface area contributed by atoms with Crippen molar-refractivity contribution in [3.63, 3.8) is 0 Å². The second kappa shape index (κ2) is 12.9. The Bertz CT molecular complexity index is 869. The van der Waals surface area contributed by atoms with Crippen molar-refractivity contribution >= 4 is 23.0 Å². The number of aryl methyl sites for hydroxylation is 2. The molecule has 0 amide bonds. The molecule has 0 saturated carbocycles. The van der Waals surface area contributed by atoms with E-state index in [4.69, 9.17) is 16.3 Å². The fraction of sp³-hybridized carbons (Fsp3) is 0.308. The molecule has 0 aliphatic heterocycles. The summed E-state index contributed by atoms with van der Waals surface area (Å²) < 4.78 is 5.34. The van der Waals surface area contributed by atoms with Crippen LogP contribution in [0.3, 0.4) is 0 Å². The zero-order valence-electron chi connectivity index (χ0n) is 19.2. The molecule has 0 radical (unpaired) electrons. The molecule has 0 atom stereocenters. The van der Waals surface area contributed by atoms with Crippen LogP contribution in [-0.2, 0) is 4.74 Å². The van der Waals surface area contributed by atoms with Crippen LogP contribution in [0.1, 0.15) is 37.5 Å². The van der Waals surface area contributed by atoms with Crippen molar-refractivity contribution in [2.75, 3.05) is 25.2 Å². The number of benzene rings is 2. The lowest BCUT2D eigenvalue weighted by Gasteiger charge is -2.30. The maximum atomic E-state index is 5.99. The molecule has 162 valence electrons. The summed E-state index contributed by atoms with van der Waals surface area (Å²) in [6.07, 6.45) is 2.01. The molecule has 4 heteroatoms. The quantitative estimate of drug-likeness (QED) is 0.432. The van der Waals surface area contributed by atoms with Gasteiger partial charge in [0.25, 0.3) is 0 Å². The average Bonchev–Trinajstić information content (AvgIpc) is 2.76. The van der Waals surface area contributed by atoms with Gasteiger partial charge in [0.2, 0.25) is 0 Å². The highest BCUT2D eigenvalue weighted by Gasteiger charge is 2.17. The summed E-state index contributed by atoms with van der Waals surface area (Å²) >= 11 is 5.99. The minimum atomic E-state index is 0.599. The van der Waals surface area contributed by atoms with Crippen LogP contribution in [0, 0.1) is 13.8 Å². The minimum absolute atomic E-state index is 0.599. The van der Waals surface area contributed by atoms with E-state index in [1.54, 1.807) is 7.11 Å². The molecule has 0 fully saturated rings. The van der Waals surface area contributed by atoms with Crippen LogP contribution in [0.2, 0.25) is 5.02 Å². The van der Waals surface area contributed by atoms with E-state index in [2.05, 4.69) is 55.4 Å². The standard InChI is InChI=1S/C24H29ClN2O.C2H6/c1-7-23(26-19(4)21-10-12-22(25)13-11-21)20(5)27(14-15-28-6)24-16-17(2)8-9-18(24)3;1-2/h7-13,16,26H,4-5,14-15H2,1-3,6H3;1-2H3/b23-7-;. The zero-order chi connectivity index (χ0) is 22.7. The van der Waals surface area contributed by atoms with Gasteiger partial charge in [-0.05, 0) is 55.7 Å². The van der Waals surface area contributed by atoms with Gasteiger partial charge in [-0.1, -0.05) is 68.9 Å². The Morgan fingerprint density at radius 1 is 1.10 bits per heavy atom. The van der Waals surface area contributed by atoms with Crippen molar-refractivity contribution in [2.45, 2.75) is 34.6 Å². The lowest BCUT2D eigenvalue weighted by molar-refractivity contribution is 0.206. The highest BCUT2D eigenvalue weighted by Crippen LogP contribution is 2.27. The number of nitrogens with zero attached hydrogens (tertiary/aromatic N) is 1. The molecular formula is C26H35ClN2O. The summed E-state index contributed by atoms with van der Waals surface area (Å²) in [6, 6.07) is 14.0. The summed E-state index contributed by atoms with van der Waals surface area (Å²) in [5.41, 5.74) is 7.05. The van der Waals surface area contributed by atoms with Crippen molar-refractivity contribution in [3.8, 4) is 0 Å². The second-order valence-electron chi connectivity index (χ2n) is 6.69. The molecule has 0 saturated heterocycles. The third-order valence-corrected chi connectivity index (χ3v) is 4.83. The van der Waals surface area contributed by atoms with Gasteiger partial charge in [-0.25, -0.2) is 0 Å². The first-order valence-corrected chi connectivity index (χ1v) is 10.7. The number of methoxy groups -OCH3 is 1. The van der Waals surface area contributed by atoms with Crippen molar-refractivity contribution < 1.29 is 4.74 Å². The predicted octanol–water partition coefficient (Wildman–Crippen LogP) is 7.11. The lowest BCUT2D eigenvalue weighted by Crippen LogP contribution is -2.31. The number of ether oxygens (including phenoxy) is 1. The number of rotatable bonds is 9. The number of nitrogens with one attached hydrogen (secondary N) is 1. The average molecular weight is 427 g/mol. The highest BCUT2D eigenvalue weighted by atomic mass is 35.5. The molecule has 0 spiro atoms. The number of hydrogen-bond donors (Lipinski definition) is 1. The Balaban J connectivity index is 0.00000218. The summed E-state index contributed by atoms with van der Waals surface area (Å²) in [5.74, 6) is 0. The monoisotopic (exact) mass is 426 g/mol. The highest BCUT2D eigenvalue weighted by molar-refractivity contribution is 6.30. The van der Waals surface area contributed by atoms with Crippen LogP contribution in [0.5, 0.6) is 0 Å². The van der Waals surface area contributed by atoms with Gasteiger partial charge in [0.15, 0.2) is 0 Å². The van der Waals surface area contributed by atoms with Gasteiger partial charge < -0.3 is 15.0 Å². The fourth-order valence-electron chi connectivity index (χ4n) is 2.94. The van der Waals surface area contributed by atoms with Gasteiger partial charge in [-0.2, -0.15) is 0 Å². The smallest absolute Gasteiger partial charge is 0.0642 e. The van der Waals surface area contributed by atoms with Gasteiger partial charge >= 0.3 is 0 Å². The largest absolute Gasteiger partial charge is 0.383 e. The Morgan fingerprint density at radius 3 is 2.30 bits per heavy atom. The third-order valence-electron chi connectivity index (χ3n) is 4.58. The summed E-state index contributed by atoms with van der Waals surface area (Å²) in [6.45, 7) is 20.0. The third kappa shape index (κ3) is 7.08. The molecule has 2 aromatic carbocycles. The SMILES string of the molecule is C=C(N/C(=C\C)C(=C)N(CCOC)c1cc(C)ccc1C)c1ccc(Cl)cc1.CC. The van der Waals surface area contributed by atoms with Crippen molar-refractivity contribution in [1.82, 2.24) is 5.32 Å². The molecule has 1 N–H and O–H groups in total. The number of hydrogen-bond acceptors (Lipinski definition) is 3. The summed E-state index contributed by atoms with van der Waals surface area (Å²) in [4.78, 5) is 2.18. The Labute approximate surface area is 187 Å². The van der Waals surface area contributed by atoms with Crippen LogP contribution >= 0.6 is 11.6 Å². The van der Waals surface area contributed by atoms with Crippen molar-refractivity contribution in [2.24, 2.45) is 0 Å². The minimum Gasteiger partial charge on any atom is -0.383 e. The molecule has 2 aromatic rings. The molecule has 3 nitrogen and oxygen atoms in total. The van der Waals surface area contributed by atoms with E-state index in [1.165, 1.54) is 11.1 Å². The Kier molecular flexibility index (Phi) is 11.0. The fourth-order valence-corrected chi connectivity index (χ4v) is 3.06. The molecule has 0 aliphatic rings. The number of halogens is 1. The number of anilines is 1. The lowest BCUT2D eigenvalue weighted by atomic mass is 10.1. The van der Waals surface area contributed by atoms with Crippen LogP contribution in [0.15, 0.2) is 73.1 Å². The topological polar surface area (TPSA) is 24.5 Å². The van der Waals surface area contributed by atoms with Crippen LogP contribution in [-0.4, -0.2) is 20.3 Å². The number of allylic oxidation sites excluding steroid dienone is 1. The van der Waals surface area contributed by atoms with Gasteiger partial charge in [0.05, 0.1) is 18.0 Å². The summed E-state index contributed by atoms with van der Waals surface area (Å²) in [7, 11) is 1.71. The molecule has 0 aliphatic carbocycles. The van der Waals surface area contributed by atoms with Gasteiger partial charge in [-0.3, -0.25) is 0 Å². The van der Waals surface area contributed by atoms with Crippen LogP contribution in [0.4, 0.5) is 5.69 Å². The molecule has 2 rings (SSSR count). The first-order chi connectivity index (χ1) is 14.4. The van der Waals surface area contributed by atoms with E-state index < -0.39 is 0 Å². The van der Waals surface area contributed by atoms with E-state index in [1.807, 2.05) is 51.1 Å². The Hall–Kier alpha value is -2.49. The molecule has 0 bridgehead atoms. The molecule has 30 heavy (non-hydrogen) atoms. The molecular weight excluding hydrogens is 392 g/mol. The second-order valence-corrected chi connectivity index (χ2v) is 7.13. The first-order valence-electron chi connectivity index (χ1n) is 10.3. The first kappa shape index (κ1) is 25.5. The van der Waals surface area contributed by atoms with Crippen molar-refractivity contribution in [1.29, 1.82) is 0 Å². The van der Waals surface area contributed by atoms with E-state index >= 15 is 0 Å². The van der Waals surface area contributed by atoms with Crippen molar-refractivity contribution in [3.05, 3.63) is 94.8 Å². The van der Waals surface area contributed by atoms with Crippen LogP contribution < -0.4 is 10.2 Å². The normalized spacial score (nSPS) is 10.7. The van der Waals surface area contributed by atoms with E-state index in [-0.39, 0.29) is 0 Å². The molecule has 0 heterocycles. The zero-order valence-corrected chi connectivity index (χ0v) is 19.9. The molecule has 0 unspecified atom stereocenters. The van der Waals surface area contributed by atoms with Gasteiger partial charge in [-0.15, -0.1) is 0 Å². The van der Waals surface area contributed by atoms with E-state index in [9.17, 15) is 0 Å². The molecule has 0 aromatic heterocycles. The van der Waals surface area contributed by atoms with E-state index in [0.29, 0.717) is 18.2 Å². The summed E-state index contributed by atoms with van der Waals surface area (Å²) in [5, 5.41) is 4.11. The Morgan fingerprint density at radius 2 is 1.73 bits per heavy atom. The van der Waals surface area contributed by atoms with Gasteiger partial charge in [0.1, 0.15) is 0 Å². The van der Waals surface area contributed by atoms with Crippen LogP contribution in [0.25, 0.3) is 5.70 Å². The maximum Gasteiger partial charge on any atom is 0.0642 e. The van der Waals surface area contributed by atoms with Gasteiger partial charge in [0, 0.05) is 30.1 Å².